The van der Waals surface area contributed by atoms with Crippen molar-refractivity contribution in [1.29, 1.82) is 0 Å². The summed E-state index contributed by atoms with van der Waals surface area (Å²) >= 11 is 3.02. The summed E-state index contributed by atoms with van der Waals surface area (Å²) in [4.78, 5) is 28.6. The van der Waals surface area contributed by atoms with E-state index >= 15 is 0 Å². The predicted molar refractivity (Wildman–Crippen MR) is 75.4 cm³/mol. The fraction of sp³-hybridized carbons (Fsp3) is 0.769. The van der Waals surface area contributed by atoms with Crippen molar-refractivity contribution < 1.29 is 19.2 Å². The molecule has 0 saturated heterocycles. The maximum absolute atomic E-state index is 11.6. The van der Waals surface area contributed by atoms with Crippen LogP contribution in [0.1, 0.15) is 39.5 Å². The number of nitrogens with zero attached hydrogens (tertiary/aromatic N) is 1. The Morgan fingerprint density at radius 2 is 2.00 bits per heavy atom. The van der Waals surface area contributed by atoms with E-state index in [1.165, 1.54) is 6.42 Å². The van der Waals surface area contributed by atoms with E-state index in [0.29, 0.717) is 5.92 Å². The molecule has 1 aliphatic carbocycles. The lowest BCUT2D eigenvalue weighted by atomic mass is 9.88. The van der Waals surface area contributed by atoms with Crippen LogP contribution in [0.25, 0.3) is 0 Å². The van der Waals surface area contributed by atoms with Crippen LogP contribution in [0.5, 0.6) is 0 Å². The highest BCUT2D eigenvalue weighted by molar-refractivity contribution is 9.09. The molecular weight excluding hydrogens is 314 g/mol. The molecule has 5 nitrogen and oxygen atoms in total. The third-order valence-corrected chi connectivity index (χ3v) is 3.68. The minimum absolute atomic E-state index is 0.0221. The number of Topliss-reactive ketones (excluding diaryl/α,β-unsaturated/α-hetero) is 1. The summed E-state index contributed by atoms with van der Waals surface area (Å²) in [6.45, 7) is 3.97. The molecule has 0 spiro atoms. The lowest BCUT2D eigenvalue weighted by molar-refractivity contribution is -0.136. The summed E-state index contributed by atoms with van der Waals surface area (Å²) in [5.41, 5.74) is -0.267. The van der Waals surface area contributed by atoms with Gasteiger partial charge in [-0.3, -0.25) is 4.79 Å². The van der Waals surface area contributed by atoms with Crippen molar-refractivity contribution in [2.24, 2.45) is 11.1 Å². The average Bonchev–Trinajstić information content (AvgIpc) is 2.41. The molecular formula is C13H20BrNO4. The second-order valence-electron chi connectivity index (χ2n) is 4.62. The average molecular weight is 334 g/mol. The van der Waals surface area contributed by atoms with Crippen LogP contribution in [0.15, 0.2) is 5.16 Å². The number of ether oxygens (including phenoxy) is 1. The molecule has 1 saturated carbocycles. The highest BCUT2D eigenvalue weighted by Gasteiger charge is 2.26. The fourth-order valence-corrected chi connectivity index (χ4v) is 2.29. The van der Waals surface area contributed by atoms with Gasteiger partial charge in [0.05, 0.1) is 11.9 Å². The van der Waals surface area contributed by atoms with E-state index in [2.05, 4.69) is 28.0 Å². The summed E-state index contributed by atoms with van der Waals surface area (Å²) in [7, 11) is 0. The van der Waals surface area contributed by atoms with Crippen molar-refractivity contribution in [2.75, 3.05) is 11.9 Å². The van der Waals surface area contributed by atoms with Crippen LogP contribution in [0, 0.1) is 5.92 Å². The largest absolute Gasteiger partial charge is 0.461 e. The number of esters is 1. The Kier molecular flexibility index (Phi) is 7.05. The van der Waals surface area contributed by atoms with Crippen LogP contribution < -0.4 is 0 Å². The van der Waals surface area contributed by atoms with Gasteiger partial charge in [-0.2, -0.15) is 0 Å². The van der Waals surface area contributed by atoms with Crippen LogP contribution in [0.3, 0.4) is 0 Å². The summed E-state index contributed by atoms with van der Waals surface area (Å²) in [5, 5.41) is 3.77. The van der Waals surface area contributed by atoms with Gasteiger partial charge < -0.3 is 9.57 Å². The van der Waals surface area contributed by atoms with Crippen molar-refractivity contribution in [1.82, 2.24) is 0 Å². The fourth-order valence-electron chi connectivity index (χ4n) is 2.02. The van der Waals surface area contributed by atoms with Crippen molar-refractivity contribution in [3.63, 3.8) is 0 Å². The topological polar surface area (TPSA) is 65.0 Å². The van der Waals surface area contributed by atoms with Gasteiger partial charge in [-0.25, -0.2) is 4.79 Å². The third-order valence-electron chi connectivity index (χ3n) is 3.17. The zero-order valence-electron chi connectivity index (χ0n) is 11.4. The molecule has 19 heavy (non-hydrogen) atoms. The Morgan fingerprint density at radius 1 is 1.32 bits per heavy atom. The van der Waals surface area contributed by atoms with Crippen LogP contribution in [-0.2, 0) is 19.2 Å². The lowest BCUT2D eigenvalue weighted by Crippen LogP contribution is -2.30. The van der Waals surface area contributed by atoms with Crippen molar-refractivity contribution in [2.45, 2.75) is 45.6 Å². The quantitative estimate of drug-likeness (QED) is 0.246. The number of carbonyl (C=O) groups excluding carboxylic acids is 2. The number of oxime groups is 1. The van der Waals surface area contributed by atoms with Crippen LogP contribution in [0.2, 0.25) is 0 Å². The lowest BCUT2D eigenvalue weighted by Gasteiger charge is -2.26. The van der Waals surface area contributed by atoms with E-state index in [0.717, 1.165) is 19.3 Å². The molecule has 2 atom stereocenters. The molecule has 0 radical (unpaired) electrons. The van der Waals surface area contributed by atoms with E-state index in [1.807, 2.05) is 0 Å². The van der Waals surface area contributed by atoms with Gasteiger partial charge >= 0.3 is 5.97 Å². The summed E-state index contributed by atoms with van der Waals surface area (Å²) < 4.78 is 4.80. The second-order valence-corrected chi connectivity index (χ2v) is 5.18. The van der Waals surface area contributed by atoms with Gasteiger partial charge in [0.15, 0.2) is 0 Å². The van der Waals surface area contributed by atoms with E-state index in [-0.39, 0.29) is 23.8 Å². The predicted octanol–water partition coefficient (Wildman–Crippen LogP) is 2.46. The molecule has 6 heteroatoms. The molecule has 0 aromatic carbocycles. The number of alkyl halides is 1. The third kappa shape index (κ3) is 4.93. The number of rotatable bonds is 6. The first-order valence-electron chi connectivity index (χ1n) is 6.60. The van der Waals surface area contributed by atoms with Gasteiger partial charge in [-0.05, 0) is 32.1 Å². The van der Waals surface area contributed by atoms with Gasteiger partial charge in [-0.1, -0.05) is 34.4 Å². The smallest absolute Gasteiger partial charge is 0.364 e. The Balaban J connectivity index is 2.70. The zero-order chi connectivity index (χ0) is 14.3. The minimum Gasteiger partial charge on any atom is -0.461 e. The number of ketones is 1. The monoisotopic (exact) mass is 333 g/mol. The first-order chi connectivity index (χ1) is 9.10. The van der Waals surface area contributed by atoms with Gasteiger partial charge in [0.1, 0.15) is 6.10 Å². The molecule has 1 fully saturated rings. The molecule has 1 aliphatic rings. The van der Waals surface area contributed by atoms with E-state index in [4.69, 9.17) is 9.57 Å². The molecule has 0 N–H and O–H groups in total. The molecule has 0 aliphatic heterocycles. The van der Waals surface area contributed by atoms with Crippen molar-refractivity contribution >= 4 is 33.4 Å². The highest BCUT2D eigenvalue weighted by atomic mass is 79.9. The molecule has 0 amide bonds. The number of carbonyl (C=O) groups is 2. The van der Waals surface area contributed by atoms with E-state index in [1.54, 1.807) is 6.92 Å². The normalized spacial score (nSPS) is 23.8. The minimum atomic E-state index is -0.726. The Morgan fingerprint density at radius 3 is 2.58 bits per heavy atom. The van der Waals surface area contributed by atoms with Crippen LogP contribution >= 0.6 is 15.9 Å². The molecule has 108 valence electrons. The first-order valence-corrected chi connectivity index (χ1v) is 7.72. The Bertz CT molecular complexity index is 357. The molecule has 0 aromatic heterocycles. The molecule has 0 bridgehead atoms. The standard InChI is InChI=1S/C13H20BrNO4/c1-3-18-13(17)12(10(16)8-14)15-19-11-7-5-4-6-9(11)2/h9,11H,3-8H2,1-2H3/b15-12-/t9-,11-/m1/s1. The van der Waals surface area contributed by atoms with Gasteiger partial charge in [-0.15, -0.1) is 0 Å². The number of halogens is 1. The van der Waals surface area contributed by atoms with Crippen molar-refractivity contribution in [3.05, 3.63) is 0 Å². The van der Waals surface area contributed by atoms with Crippen molar-refractivity contribution in [3.8, 4) is 0 Å². The summed E-state index contributed by atoms with van der Waals surface area (Å²) in [6.07, 6.45) is 4.24. The maximum atomic E-state index is 11.6. The molecule has 0 aromatic rings. The molecule has 0 heterocycles. The SMILES string of the molecule is CCOC(=O)/C(=N\O[C@@H]1CCCC[C@H]1C)C(=O)CBr. The molecule has 0 unspecified atom stereocenters. The number of hydrogen-bond donors (Lipinski definition) is 0. The van der Waals surface area contributed by atoms with Crippen LogP contribution in [-0.4, -0.2) is 35.5 Å². The maximum Gasteiger partial charge on any atom is 0.364 e. The first kappa shape index (κ1) is 16.1. The second kappa shape index (κ2) is 8.30. The van der Waals surface area contributed by atoms with E-state index in [9.17, 15) is 9.59 Å². The molecule has 1 rings (SSSR count). The number of hydrogen-bond acceptors (Lipinski definition) is 5. The van der Waals surface area contributed by atoms with Crippen LogP contribution in [0.4, 0.5) is 0 Å². The summed E-state index contributed by atoms with van der Waals surface area (Å²) in [6, 6.07) is 0. The van der Waals surface area contributed by atoms with Gasteiger partial charge in [0.2, 0.25) is 11.5 Å². The van der Waals surface area contributed by atoms with Gasteiger partial charge in [0, 0.05) is 0 Å². The van der Waals surface area contributed by atoms with E-state index < -0.39 is 11.8 Å². The van der Waals surface area contributed by atoms with Gasteiger partial charge in [0.25, 0.3) is 0 Å². The Labute approximate surface area is 121 Å². The zero-order valence-corrected chi connectivity index (χ0v) is 12.9. The highest BCUT2D eigenvalue weighted by Crippen LogP contribution is 2.26. The Hall–Kier alpha value is -0.910. The summed E-state index contributed by atoms with van der Waals surface area (Å²) in [5.74, 6) is -0.766.